The first-order valence-corrected chi connectivity index (χ1v) is 9.53. The second-order valence-electron chi connectivity index (χ2n) is 6.32. The number of nitrogens with zero attached hydrogens (tertiary/aromatic N) is 2. The van der Waals surface area contributed by atoms with E-state index in [0.29, 0.717) is 16.7 Å². The summed E-state index contributed by atoms with van der Waals surface area (Å²) in [5.74, 6) is -1.78. The summed E-state index contributed by atoms with van der Waals surface area (Å²) >= 11 is 0.532. The number of rotatable bonds is 5. The second kappa shape index (κ2) is 8.07. The van der Waals surface area contributed by atoms with E-state index in [9.17, 15) is 28.9 Å². The molecule has 0 radical (unpaired) electrons. The smallest absolute Gasteiger partial charge is 0.294 e. The Balaban J connectivity index is 1.55. The van der Waals surface area contributed by atoms with Gasteiger partial charge in [0.1, 0.15) is 12.4 Å². The molecule has 2 aromatic rings. The molecule has 1 fully saturated rings. The SMILES string of the molecule is O=C(CN1C(=O)S/C(=C/c2cc3c(cc2[N+](=O)[O-])OCO3)C1=O)Nc1ccccc1F. The van der Waals surface area contributed by atoms with Crippen molar-refractivity contribution in [1.82, 2.24) is 4.90 Å². The Bertz CT molecular complexity index is 1170. The summed E-state index contributed by atoms with van der Waals surface area (Å²) in [7, 11) is 0. The van der Waals surface area contributed by atoms with Gasteiger partial charge in [-0.25, -0.2) is 4.39 Å². The van der Waals surface area contributed by atoms with Gasteiger partial charge in [-0.1, -0.05) is 12.1 Å². The van der Waals surface area contributed by atoms with Gasteiger partial charge in [-0.15, -0.1) is 0 Å². The molecule has 158 valence electrons. The van der Waals surface area contributed by atoms with Crippen molar-refractivity contribution >= 4 is 46.3 Å². The highest BCUT2D eigenvalue weighted by Gasteiger charge is 2.37. The molecule has 10 nitrogen and oxygen atoms in total. The summed E-state index contributed by atoms with van der Waals surface area (Å²) in [6, 6.07) is 7.94. The summed E-state index contributed by atoms with van der Waals surface area (Å²) < 4.78 is 24.0. The Morgan fingerprint density at radius 3 is 2.68 bits per heavy atom. The van der Waals surface area contributed by atoms with Crippen molar-refractivity contribution in [3.05, 3.63) is 62.8 Å². The van der Waals surface area contributed by atoms with E-state index in [1.165, 1.54) is 36.4 Å². The quantitative estimate of drug-likeness (QED) is 0.422. The average Bonchev–Trinajstić information content (AvgIpc) is 3.28. The maximum atomic E-state index is 13.7. The Morgan fingerprint density at radius 2 is 1.97 bits per heavy atom. The summed E-state index contributed by atoms with van der Waals surface area (Å²) in [5.41, 5.74) is -0.394. The molecule has 0 atom stereocenters. The Kier molecular flexibility index (Phi) is 5.29. The van der Waals surface area contributed by atoms with Crippen LogP contribution in [0.2, 0.25) is 0 Å². The van der Waals surface area contributed by atoms with E-state index in [0.717, 1.165) is 6.07 Å². The van der Waals surface area contributed by atoms with Gasteiger partial charge in [0, 0.05) is 0 Å². The highest BCUT2D eigenvalue weighted by atomic mass is 32.2. The third-order valence-electron chi connectivity index (χ3n) is 4.33. The number of hydrogen-bond acceptors (Lipinski definition) is 8. The number of benzene rings is 2. The van der Waals surface area contributed by atoms with Gasteiger partial charge >= 0.3 is 0 Å². The molecule has 4 rings (SSSR count). The van der Waals surface area contributed by atoms with E-state index in [1.807, 2.05) is 0 Å². The van der Waals surface area contributed by atoms with Crippen LogP contribution in [-0.4, -0.2) is 40.2 Å². The lowest BCUT2D eigenvalue weighted by Gasteiger charge is -2.12. The van der Waals surface area contributed by atoms with Gasteiger partial charge in [0.05, 0.1) is 27.1 Å². The number of amides is 3. The number of ether oxygens (including phenoxy) is 2. The van der Waals surface area contributed by atoms with Crippen LogP contribution in [0.5, 0.6) is 11.5 Å². The topological polar surface area (TPSA) is 128 Å². The van der Waals surface area contributed by atoms with E-state index < -0.39 is 34.3 Å². The number of hydrogen-bond donors (Lipinski definition) is 1. The van der Waals surface area contributed by atoms with Crippen molar-refractivity contribution in [3.63, 3.8) is 0 Å². The summed E-state index contributed by atoms with van der Waals surface area (Å²) in [6.07, 6.45) is 1.18. The predicted molar refractivity (Wildman–Crippen MR) is 107 cm³/mol. The number of nitro benzene ring substituents is 1. The molecular weight excluding hydrogens is 433 g/mol. The van der Waals surface area contributed by atoms with Gasteiger partial charge in [-0.3, -0.25) is 29.4 Å². The normalized spacial score (nSPS) is 16.2. The van der Waals surface area contributed by atoms with Crippen LogP contribution in [0.3, 0.4) is 0 Å². The first-order valence-electron chi connectivity index (χ1n) is 8.71. The van der Waals surface area contributed by atoms with Crippen molar-refractivity contribution in [3.8, 4) is 11.5 Å². The van der Waals surface area contributed by atoms with Gasteiger partial charge in [-0.2, -0.15) is 0 Å². The zero-order valence-electron chi connectivity index (χ0n) is 15.5. The van der Waals surface area contributed by atoms with Crippen LogP contribution in [0, 0.1) is 15.9 Å². The standard InChI is InChI=1S/C19H12FN3O7S/c20-11-3-1-2-4-12(11)21-17(24)8-22-18(25)16(31-19(22)26)6-10-5-14-15(30-9-29-14)7-13(10)23(27)28/h1-7H,8-9H2,(H,21,24)/b16-6+. The van der Waals surface area contributed by atoms with Crippen LogP contribution in [0.1, 0.15) is 5.56 Å². The maximum Gasteiger partial charge on any atom is 0.294 e. The van der Waals surface area contributed by atoms with Crippen LogP contribution < -0.4 is 14.8 Å². The Hall–Kier alpha value is -3.93. The van der Waals surface area contributed by atoms with E-state index in [4.69, 9.17) is 9.47 Å². The molecule has 0 saturated carbocycles. The lowest BCUT2D eigenvalue weighted by Crippen LogP contribution is -2.36. The predicted octanol–water partition coefficient (Wildman–Crippen LogP) is 3.14. The minimum Gasteiger partial charge on any atom is -0.454 e. The minimum atomic E-state index is -0.800. The van der Waals surface area contributed by atoms with Gasteiger partial charge < -0.3 is 14.8 Å². The molecule has 0 bridgehead atoms. The monoisotopic (exact) mass is 445 g/mol. The third kappa shape index (κ3) is 4.05. The number of carbonyl (C=O) groups excluding carboxylic acids is 3. The fourth-order valence-electron chi connectivity index (χ4n) is 2.89. The first kappa shape index (κ1) is 20.3. The van der Waals surface area contributed by atoms with Crippen LogP contribution in [0.15, 0.2) is 41.3 Å². The molecule has 2 heterocycles. The highest BCUT2D eigenvalue weighted by molar-refractivity contribution is 8.18. The van der Waals surface area contributed by atoms with Crippen molar-refractivity contribution in [1.29, 1.82) is 0 Å². The van der Waals surface area contributed by atoms with Gasteiger partial charge in [0.15, 0.2) is 11.5 Å². The molecule has 1 N–H and O–H groups in total. The van der Waals surface area contributed by atoms with Crippen molar-refractivity contribution in [2.75, 3.05) is 18.7 Å². The van der Waals surface area contributed by atoms with E-state index >= 15 is 0 Å². The Morgan fingerprint density at radius 1 is 1.26 bits per heavy atom. The lowest BCUT2D eigenvalue weighted by molar-refractivity contribution is -0.385. The zero-order chi connectivity index (χ0) is 22.1. The number of carbonyl (C=O) groups is 3. The second-order valence-corrected chi connectivity index (χ2v) is 7.31. The van der Waals surface area contributed by atoms with Crippen molar-refractivity contribution in [2.45, 2.75) is 0 Å². The molecular formula is C19H12FN3O7S. The lowest BCUT2D eigenvalue weighted by atomic mass is 10.1. The molecule has 0 aliphatic carbocycles. The molecule has 2 aliphatic rings. The van der Waals surface area contributed by atoms with Gasteiger partial charge in [0.25, 0.3) is 16.8 Å². The highest BCUT2D eigenvalue weighted by Crippen LogP contribution is 2.40. The van der Waals surface area contributed by atoms with Crippen LogP contribution in [0.4, 0.5) is 20.6 Å². The minimum absolute atomic E-state index is 0.0376. The number of nitro groups is 1. The van der Waals surface area contributed by atoms with Crippen LogP contribution in [-0.2, 0) is 9.59 Å². The number of fused-ring (bicyclic) bond motifs is 1. The third-order valence-corrected chi connectivity index (χ3v) is 5.24. The number of imide groups is 1. The Labute approximate surface area is 177 Å². The molecule has 1 saturated heterocycles. The van der Waals surface area contributed by atoms with E-state index in [1.54, 1.807) is 0 Å². The molecule has 2 aliphatic heterocycles. The van der Waals surface area contributed by atoms with Gasteiger partial charge in [0.2, 0.25) is 12.7 Å². The van der Waals surface area contributed by atoms with E-state index in [-0.39, 0.29) is 40.1 Å². The first-order chi connectivity index (χ1) is 14.8. The molecule has 0 spiro atoms. The van der Waals surface area contributed by atoms with Crippen LogP contribution in [0.25, 0.3) is 6.08 Å². The fourth-order valence-corrected chi connectivity index (χ4v) is 3.72. The number of thioether (sulfide) groups is 1. The summed E-state index contributed by atoms with van der Waals surface area (Å²) in [5, 5.41) is 12.9. The average molecular weight is 445 g/mol. The summed E-state index contributed by atoms with van der Waals surface area (Å²) in [6.45, 7) is -0.733. The van der Waals surface area contributed by atoms with Crippen molar-refractivity contribution in [2.24, 2.45) is 0 Å². The number of halogens is 1. The largest absolute Gasteiger partial charge is 0.454 e. The number of anilines is 1. The number of nitrogens with one attached hydrogen (secondary N) is 1. The summed E-state index contributed by atoms with van der Waals surface area (Å²) in [4.78, 5) is 48.3. The molecule has 31 heavy (non-hydrogen) atoms. The van der Waals surface area contributed by atoms with E-state index in [2.05, 4.69) is 5.32 Å². The van der Waals surface area contributed by atoms with Crippen molar-refractivity contribution < 1.29 is 33.2 Å². The number of para-hydroxylation sites is 1. The zero-order valence-corrected chi connectivity index (χ0v) is 16.3. The molecule has 0 unspecified atom stereocenters. The molecule has 3 amide bonds. The molecule has 0 aromatic heterocycles. The van der Waals surface area contributed by atoms with Gasteiger partial charge in [-0.05, 0) is 36.0 Å². The fraction of sp³-hybridized carbons (Fsp3) is 0.105. The maximum absolute atomic E-state index is 13.7. The molecule has 12 heteroatoms. The molecule has 2 aromatic carbocycles. The van der Waals surface area contributed by atoms with Crippen LogP contribution >= 0.6 is 11.8 Å².